The van der Waals surface area contributed by atoms with Crippen molar-refractivity contribution < 1.29 is 4.74 Å². The third kappa shape index (κ3) is 4.89. The summed E-state index contributed by atoms with van der Waals surface area (Å²) < 4.78 is 8.22. The number of nitrogens with one attached hydrogen (secondary N) is 2. The quantitative estimate of drug-likeness (QED) is 0.361. The molecule has 0 unspecified atom stereocenters. The number of hydrogen-bond donors (Lipinski definition) is 2. The van der Waals surface area contributed by atoms with Crippen LogP contribution in [0.2, 0.25) is 0 Å². The maximum atomic E-state index is 6.03. The second kappa shape index (κ2) is 9.37. The highest BCUT2D eigenvalue weighted by atomic mass is 32.1. The molecule has 0 aliphatic rings. The number of rotatable bonds is 7. The van der Waals surface area contributed by atoms with E-state index in [-0.39, 0.29) is 0 Å². The number of benzene rings is 2. The Kier molecular flexibility index (Phi) is 6.66. The summed E-state index contributed by atoms with van der Waals surface area (Å²) in [6.07, 6.45) is 4.89. The predicted molar refractivity (Wildman–Crippen MR) is 120 cm³/mol. The van der Waals surface area contributed by atoms with E-state index in [0.29, 0.717) is 11.7 Å². The lowest BCUT2D eigenvalue weighted by molar-refractivity contribution is 0.300. The minimum atomic E-state index is 0.484. The van der Waals surface area contributed by atoms with Crippen LogP contribution in [-0.4, -0.2) is 29.5 Å². The average molecular weight is 395 g/mol. The first kappa shape index (κ1) is 19.9. The number of thiocarbonyl (C=S) groups is 1. The Bertz CT molecular complexity index is 993. The van der Waals surface area contributed by atoms with E-state index in [9.17, 15) is 0 Å². The van der Waals surface area contributed by atoms with Gasteiger partial charge in [0.1, 0.15) is 12.4 Å². The van der Waals surface area contributed by atoms with Gasteiger partial charge in [-0.2, -0.15) is 5.10 Å². The van der Waals surface area contributed by atoms with Crippen LogP contribution in [0.1, 0.15) is 23.6 Å². The van der Waals surface area contributed by atoms with Gasteiger partial charge in [-0.1, -0.05) is 31.2 Å². The van der Waals surface area contributed by atoms with Gasteiger partial charge in [0.15, 0.2) is 5.11 Å². The molecule has 28 heavy (non-hydrogen) atoms. The Morgan fingerprint density at radius 3 is 2.86 bits per heavy atom. The predicted octanol–water partition coefficient (Wildman–Crippen LogP) is 4.02. The molecule has 0 bridgehead atoms. The van der Waals surface area contributed by atoms with Gasteiger partial charge in [0.2, 0.25) is 0 Å². The van der Waals surface area contributed by atoms with Gasteiger partial charge in [-0.25, -0.2) is 0 Å². The van der Waals surface area contributed by atoms with Crippen LogP contribution in [0.3, 0.4) is 0 Å². The van der Waals surface area contributed by atoms with Gasteiger partial charge in [0.25, 0.3) is 0 Å². The summed E-state index contributed by atoms with van der Waals surface area (Å²) in [7, 11) is 1.76. The molecule has 2 N–H and O–H groups in total. The number of fused-ring (bicyclic) bond motifs is 1. The molecule has 1 heterocycles. The number of hydrazone groups is 1. The third-order valence-corrected chi connectivity index (χ3v) is 4.83. The SMILES string of the molecule is CCc1cc(C)cc(OCCn2cc(/C=N\NC(=S)NC)c3ccccc32)c1. The molecular weight excluding hydrogens is 368 g/mol. The maximum Gasteiger partial charge on any atom is 0.186 e. The van der Waals surface area contributed by atoms with E-state index in [0.717, 1.165) is 35.2 Å². The Morgan fingerprint density at radius 2 is 2.07 bits per heavy atom. The third-order valence-electron chi connectivity index (χ3n) is 4.54. The summed E-state index contributed by atoms with van der Waals surface area (Å²) in [4.78, 5) is 0. The monoisotopic (exact) mass is 394 g/mol. The molecule has 2 aromatic carbocycles. The molecule has 0 saturated carbocycles. The standard InChI is InChI=1S/C22H26N4OS/c1-4-17-11-16(2)12-19(13-17)27-10-9-26-15-18(14-24-25-22(28)23-3)20-7-5-6-8-21(20)26/h5-8,11-15H,4,9-10H2,1-3H3,(H2,23,25,28)/b24-14-. The van der Waals surface area contributed by atoms with Crippen molar-refractivity contribution in [2.75, 3.05) is 13.7 Å². The second-order valence-corrected chi connectivity index (χ2v) is 7.01. The van der Waals surface area contributed by atoms with E-state index < -0.39 is 0 Å². The molecule has 5 nitrogen and oxygen atoms in total. The first-order chi connectivity index (χ1) is 13.6. The summed E-state index contributed by atoms with van der Waals surface area (Å²) in [6.45, 7) is 5.62. The molecule has 3 aromatic rings. The van der Waals surface area contributed by atoms with Crippen molar-refractivity contribution in [1.29, 1.82) is 0 Å². The lowest BCUT2D eigenvalue weighted by Gasteiger charge is -2.10. The number of ether oxygens (including phenoxy) is 1. The van der Waals surface area contributed by atoms with Gasteiger partial charge < -0.3 is 14.6 Å². The molecule has 0 spiro atoms. The lowest BCUT2D eigenvalue weighted by atomic mass is 10.1. The molecule has 3 rings (SSSR count). The van der Waals surface area contributed by atoms with Crippen molar-refractivity contribution in [3.63, 3.8) is 0 Å². The molecule has 6 heteroatoms. The maximum absolute atomic E-state index is 6.03. The topological polar surface area (TPSA) is 50.6 Å². The van der Waals surface area contributed by atoms with E-state index >= 15 is 0 Å². The summed E-state index contributed by atoms with van der Waals surface area (Å²) in [5, 5.41) is 8.67. The van der Waals surface area contributed by atoms with E-state index in [1.165, 1.54) is 11.1 Å². The van der Waals surface area contributed by atoms with Crippen molar-refractivity contribution in [2.45, 2.75) is 26.8 Å². The van der Waals surface area contributed by atoms with Crippen LogP contribution in [0, 0.1) is 6.92 Å². The lowest BCUT2D eigenvalue weighted by Crippen LogP contribution is -2.28. The smallest absolute Gasteiger partial charge is 0.186 e. The second-order valence-electron chi connectivity index (χ2n) is 6.60. The van der Waals surface area contributed by atoms with E-state index in [1.54, 1.807) is 13.3 Å². The largest absolute Gasteiger partial charge is 0.492 e. The molecule has 0 radical (unpaired) electrons. The molecule has 0 aliphatic heterocycles. The van der Waals surface area contributed by atoms with Crippen LogP contribution in [0.25, 0.3) is 10.9 Å². The first-order valence-corrected chi connectivity index (χ1v) is 9.83. The van der Waals surface area contributed by atoms with E-state index in [4.69, 9.17) is 17.0 Å². The Balaban J connectivity index is 1.73. The zero-order valence-electron chi connectivity index (χ0n) is 16.5. The number of nitrogens with zero attached hydrogens (tertiary/aromatic N) is 2. The van der Waals surface area contributed by atoms with Crippen molar-refractivity contribution in [2.24, 2.45) is 5.10 Å². The Labute approximate surface area is 171 Å². The summed E-state index contributed by atoms with van der Waals surface area (Å²) in [6, 6.07) is 14.7. The number of para-hydroxylation sites is 1. The molecule has 0 saturated heterocycles. The van der Waals surface area contributed by atoms with Gasteiger partial charge in [-0.05, 0) is 54.9 Å². The molecule has 1 aromatic heterocycles. The highest BCUT2D eigenvalue weighted by molar-refractivity contribution is 7.80. The molecular formula is C22H26N4OS. The van der Waals surface area contributed by atoms with Gasteiger partial charge in [-0.3, -0.25) is 5.43 Å². The summed E-state index contributed by atoms with van der Waals surface area (Å²) >= 11 is 5.04. The van der Waals surface area contributed by atoms with Crippen LogP contribution in [0.15, 0.2) is 53.8 Å². The summed E-state index contributed by atoms with van der Waals surface area (Å²) in [5.74, 6) is 0.930. The normalized spacial score (nSPS) is 11.1. The molecule has 0 aliphatic carbocycles. The minimum absolute atomic E-state index is 0.484. The van der Waals surface area contributed by atoms with Crippen molar-refractivity contribution in [3.8, 4) is 5.75 Å². The Hall–Kier alpha value is -2.86. The fourth-order valence-corrected chi connectivity index (χ4v) is 3.21. The highest BCUT2D eigenvalue weighted by Gasteiger charge is 2.07. The first-order valence-electron chi connectivity index (χ1n) is 9.42. The molecule has 0 atom stereocenters. The molecule has 146 valence electrons. The number of aryl methyl sites for hydroxylation is 2. The van der Waals surface area contributed by atoms with Gasteiger partial charge >= 0.3 is 0 Å². The van der Waals surface area contributed by atoms with Crippen molar-refractivity contribution >= 4 is 34.4 Å². The zero-order chi connectivity index (χ0) is 19.9. The highest BCUT2D eigenvalue weighted by Crippen LogP contribution is 2.21. The fraction of sp³-hybridized carbons (Fsp3) is 0.273. The Morgan fingerprint density at radius 1 is 1.25 bits per heavy atom. The van der Waals surface area contributed by atoms with Gasteiger partial charge in [0.05, 0.1) is 12.8 Å². The molecule has 0 fully saturated rings. The number of aromatic nitrogens is 1. The van der Waals surface area contributed by atoms with E-state index in [2.05, 4.69) is 70.8 Å². The minimum Gasteiger partial charge on any atom is -0.492 e. The molecule has 0 amide bonds. The van der Waals surface area contributed by atoms with Crippen LogP contribution < -0.4 is 15.5 Å². The van der Waals surface area contributed by atoms with Crippen LogP contribution in [-0.2, 0) is 13.0 Å². The van der Waals surface area contributed by atoms with Crippen molar-refractivity contribution in [3.05, 3.63) is 65.4 Å². The van der Waals surface area contributed by atoms with E-state index in [1.807, 2.05) is 12.1 Å². The summed E-state index contributed by atoms with van der Waals surface area (Å²) in [5.41, 5.74) is 7.51. The zero-order valence-corrected chi connectivity index (χ0v) is 17.3. The van der Waals surface area contributed by atoms with Crippen LogP contribution in [0.5, 0.6) is 5.75 Å². The number of hydrogen-bond acceptors (Lipinski definition) is 3. The average Bonchev–Trinajstić information content (AvgIpc) is 3.05. The van der Waals surface area contributed by atoms with Crippen molar-refractivity contribution in [1.82, 2.24) is 15.3 Å². The fourth-order valence-electron chi connectivity index (χ4n) is 3.15. The van der Waals surface area contributed by atoms with Crippen LogP contribution in [0.4, 0.5) is 0 Å². The van der Waals surface area contributed by atoms with Gasteiger partial charge in [0, 0.05) is 29.7 Å². The van der Waals surface area contributed by atoms with Crippen LogP contribution >= 0.6 is 12.2 Å². The van der Waals surface area contributed by atoms with Gasteiger partial charge in [-0.15, -0.1) is 0 Å².